The third-order valence-corrected chi connectivity index (χ3v) is 4.42. The standard InChI is InChI=1S/C15H19ClN2O3/c1-20-14-3-2-11(16)8-13(14)15(19)21-10-12-9-17-4-6-18(12)7-5-17/h2-3,8,12H,4-7,9-10H2,1H3. The first-order valence-corrected chi connectivity index (χ1v) is 7.52. The predicted molar refractivity (Wildman–Crippen MR) is 80.1 cm³/mol. The number of ether oxygens (including phenoxy) is 2. The van der Waals surface area contributed by atoms with E-state index in [0.717, 1.165) is 32.7 Å². The molecule has 114 valence electrons. The van der Waals surface area contributed by atoms with E-state index in [9.17, 15) is 4.79 Å². The second-order valence-corrected chi connectivity index (χ2v) is 5.87. The average Bonchev–Trinajstić information content (AvgIpc) is 2.53. The summed E-state index contributed by atoms with van der Waals surface area (Å²) >= 11 is 5.94. The van der Waals surface area contributed by atoms with Crippen LogP contribution in [0, 0.1) is 0 Å². The number of hydrogen-bond donors (Lipinski definition) is 0. The lowest BCUT2D eigenvalue weighted by molar-refractivity contribution is -0.0216. The molecule has 1 aromatic rings. The van der Waals surface area contributed by atoms with Gasteiger partial charge in [-0.2, -0.15) is 0 Å². The summed E-state index contributed by atoms with van der Waals surface area (Å²) in [7, 11) is 1.53. The van der Waals surface area contributed by atoms with Crippen LogP contribution < -0.4 is 4.74 Å². The maximum atomic E-state index is 12.2. The van der Waals surface area contributed by atoms with Crippen LogP contribution in [0.4, 0.5) is 0 Å². The molecule has 1 unspecified atom stereocenters. The summed E-state index contributed by atoms with van der Waals surface area (Å²) in [5.41, 5.74) is 0.376. The average molecular weight is 311 g/mol. The van der Waals surface area contributed by atoms with Crippen molar-refractivity contribution < 1.29 is 14.3 Å². The van der Waals surface area contributed by atoms with Gasteiger partial charge in [-0.3, -0.25) is 9.80 Å². The van der Waals surface area contributed by atoms with Crippen molar-refractivity contribution in [2.75, 3.05) is 46.4 Å². The summed E-state index contributed by atoms with van der Waals surface area (Å²) < 4.78 is 10.7. The van der Waals surface area contributed by atoms with Gasteiger partial charge < -0.3 is 9.47 Å². The van der Waals surface area contributed by atoms with Crippen molar-refractivity contribution >= 4 is 17.6 Å². The molecule has 4 rings (SSSR count). The number of piperazine rings is 3. The number of fused-ring (bicyclic) bond motifs is 3. The maximum absolute atomic E-state index is 12.2. The minimum atomic E-state index is -0.382. The van der Waals surface area contributed by atoms with E-state index in [4.69, 9.17) is 21.1 Å². The highest BCUT2D eigenvalue weighted by Gasteiger charge is 2.32. The molecule has 6 heteroatoms. The summed E-state index contributed by atoms with van der Waals surface area (Å²) in [6, 6.07) is 5.24. The summed E-state index contributed by atoms with van der Waals surface area (Å²) in [4.78, 5) is 17.0. The molecule has 0 aliphatic carbocycles. The number of methoxy groups -OCH3 is 1. The summed E-state index contributed by atoms with van der Waals surface area (Å²) in [5.74, 6) is 0.102. The first kappa shape index (κ1) is 14.6. The number of carbonyl (C=O) groups is 1. The second-order valence-electron chi connectivity index (χ2n) is 5.43. The molecular formula is C15H19ClN2O3. The van der Waals surface area contributed by atoms with Crippen LogP contribution in [0.3, 0.4) is 0 Å². The smallest absolute Gasteiger partial charge is 0.342 e. The predicted octanol–water partition coefficient (Wildman–Crippen LogP) is 1.51. The molecule has 2 bridgehead atoms. The molecule has 1 atom stereocenters. The minimum Gasteiger partial charge on any atom is -0.496 e. The number of benzene rings is 1. The quantitative estimate of drug-likeness (QED) is 0.789. The van der Waals surface area contributed by atoms with E-state index in [2.05, 4.69) is 9.80 Å². The molecule has 3 heterocycles. The Hall–Kier alpha value is -1.30. The lowest BCUT2D eigenvalue weighted by atomic mass is 10.1. The van der Waals surface area contributed by atoms with Gasteiger partial charge in [0.15, 0.2) is 0 Å². The third-order valence-electron chi connectivity index (χ3n) is 4.18. The van der Waals surface area contributed by atoms with Crippen molar-refractivity contribution in [1.29, 1.82) is 0 Å². The zero-order chi connectivity index (χ0) is 14.8. The fraction of sp³-hybridized carbons (Fsp3) is 0.533. The summed E-state index contributed by atoms with van der Waals surface area (Å²) in [6.07, 6.45) is 0. The van der Waals surface area contributed by atoms with Crippen LogP contribution in [0.2, 0.25) is 5.02 Å². The van der Waals surface area contributed by atoms with Crippen molar-refractivity contribution in [3.8, 4) is 5.75 Å². The van der Waals surface area contributed by atoms with Crippen LogP contribution in [-0.4, -0.2) is 68.3 Å². The highest BCUT2D eigenvalue weighted by atomic mass is 35.5. The summed E-state index contributed by atoms with van der Waals surface area (Å²) in [6.45, 7) is 5.73. The molecule has 0 aromatic heterocycles. The molecule has 1 aromatic carbocycles. The Labute approximate surface area is 129 Å². The van der Waals surface area contributed by atoms with Crippen molar-refractivity contribution in [3.05, 3.63) is 28.8 Å². The Morgan fingerprint density at radius 2 is 2.10 bits per heavy atom. The monoisotopic (exact) mass is 310 g/mol. The first-order chi connectivity index (χ1) is 10.2. The number of esters is 1. The maximum Gasteiger partial charge on any atom is 0.342 e. The molecule has 3 saturated heterocycles. The van der Waals surface area contributed by atoms with E-state index in [1.807, 2.05) is 0 Å². The van der Waals surface area contributed by atoms with Gasteiger partial charge in [-0.25, -0.2) is 4.79 Å². The highest BCUT2D eigenvalue weighted by molar-refractivity contribution is 6.31. The van der Waals surface area contributed by atoms with Gasteiger partial charge >= 0.3 is 5.97 Å². The SMILES string of the molecule is COc1ccc(Cl)cc1C(=O)OCC1CN2CCN1CC2. The minimum absolute atomic E-state index is 0.293. The topological polar surface area (TPSA) is 42.0 Å². The summed E-state index contributed by atoms with van der Waals surface area (Å²) in [5, 5.41) is 0.495. The molecule has 0 saturated carbocycles. The van der Waals surface area contributed by atoms with E-state index in [-0.39, 0.29) is 5.97 Å². The van der Waals surface area contributed by atoms with Crippen LogP contribution in [0.25, 0.3) is 0 Å². The molecule has 5 nitrogen and oxygen atoms in total. The van der Waals surface area contributed by atoms with Gasteiger partial charge in [0.1, 0.15) is 17.9 Å². The van der Waals surface area contributed by atoms with Crippen LogP contribution in [-0.2, 0) is 4.74 Å². The van der Waals surface area contributed by atoms with Gasteiger partial charge in [0.2, 0.25) is 0 Å². The van der Waals surface area contributed by atoms with Crippen LogP contribution in [0.5, 0.6) is 5.75 Å². The molecule has 0 N–H and O–H groups in total. The third kappa shape index (κ3) is 3.15. The van der Waals surface area contributed by atoms with Crippen molar-refractivity contribution in [1.82, 2.24) is 9.80 Å². The van der Waals surface area contributed by atoms with Crippen LogP contribution in [0.1, 0.15) is 10.4 Å². The van der Waals surface area contributed by atoms with Gasteiger partial charge in [0.25, 0.3) is 0 Å². The van der Waals surface area contributed by atoms with Gasteiger partial charge in [-0.1, -0.05) is 11.6 Å². The van der Waals surface area contributed by atoms with Crippen LogP contribution >= 0.6 is 11.6 Å². The van der Waals surface area contributed by atoms with Gasteiger partial charge in [0.05, 0.1) is 13.2 Å². The molecular weight excluding hydrogens is 292 g/mol. The van der Waals surface area contributed by atoms with Crippen molar-refractivity contribution in [3.63, 3.8) is 0 Å². The Bertz CT molecular complexity index is 530. The van der Waals surface area contributed by atoms with Gasteiger partial charge in [0, 0.05) is 37.7 Å². The lowest BCUT2D eigenvalue weighted by Crippen LogP contribution is -2.62. The fourth-order valence-electron chi connectivity index (χ4n) is 2.97. The van der Waals surface area contributed by atoms with Crippen LogP contribution in [0.15, 0.2) is 18.2 Å². The lowest BCUT2D eigenvalue weighted by Gasteiger charge is -2.47. The number of hydrogen-bond acceptors (Lipinski definition) is 5. The molecule has 3 fully saturated rings. The largest absolute Gasteiger partial charge is 0.496 e. The highest BCUT2D eigenvalue weighted by Crippen LogP contribution is 2.24. The van der Waals surface area contributed by atoms with E-state index < -0.39 is 0 Å². The Kier molecular flexibility index (Phi) is 4.33. The normalized spacial score (nSPS) is 27.4. The number of rotatable bonds is 4. The number of halogens is 1. The molecule has 3 aliphatic rings. The second kappa shape index (κ2) is 6.22. The first-order valence-electron chi connectivity index (χ1n) is 7.14. The number of nitrogens with zero attached hydrogens (tertiary/aromatic N) is 2. The van der Waals surface area contributed by atoms with Gasteiger partial charge in [-0.15, -0.1) is 0 Å². The zero-order valence-electron chi connectivity index (χ0n) is 12.0. The molecule has 0 radical (unpaired) electrons. The van der Waals surface area contributed by atoms with E-state index in [1.54, 1.807) is 18.2 Å². The Morgan fingerprint density at radius 3 is 2.71 bits per heavy atom. The fourth-order valence-corrected chi connectivity index (χ4v) is 3.14. The Balaban J connectivity index is 1.63. The molecule has 21 heavy (non-hydrogen) atoms. The van der Waals surface area contributed by atoms with E-state index >= 15 is 0 Å². The molecule has 3 aliphatic heterocycles. The zero-order valence-corrected chi connectivity index (χ0v) is 12.8. The van der Waals surface area contributed by atoms with Crippen molar-refractivity contribution in [2.45, 2.75) is 6.04 Å². The van der Waals surface area contributed by atoms with Gasteiger partial charge in [-0.05, 0) is 18.2 Å². The number of carbonyl (C=O) groups excluding carboxylic acids is 1. The van der Waals surface area contributed by atoms with E-state index in [1.165, 1.54) is 7.11 Å². The Morgan fingerprint density at radius 1 is 1.33 bits per heavy atom. The molecule has 0 amide bonds. The van der Waals surface area contributed by atoms with E-state index in [0.29, 0.717) is 29.0 Å². The van der Waals surface area contributed by atoms with Crippen molar-refractivity contribution in [2.24, 2.45) is 0 Å². The molecule has 0 spiro atoms.